The summed E-state index contributed by atoms with van der Waals surface area (Å²) in [5, 5.41) is 0. The molecule has 3 rings (SSSR count). The number of aryl methyl sites for hydroxylation is 1. The van der Waals surface area contributed by atoms with Gasteiger partial charge in [-0.25, -0.2) is 0 Å². The Bertz CT molecular complexity index is 1220. The summed E-state index contributed by atoms with van der Waals surface area (Å²) in [6.45, 7) is 29.9. The van der Waals surface area contributed by atoms with Crippen LogP contribution in [0.2, 0.25) is 0 Å². The highest BCUT2D eigenvalue weighted by atomic mass is 32.2. The van der Waals surface area contributed by atoms with Crippen LogP contribution >= 0.6 is 23.5 Å². The van der Waals surface area contributed by atoms with Crippen LogP contribution in [0.5, 0.6) is 0 Å². The van der Waals surface area contributed by atoms with Crippen molar-refractivity contribution in [2.75, 3.05) is 0 Å². The number of thioether (sulfide) groups is 2. The van der Waals surface area contributed by atoms with Crippen LogP contribution in [0.25, 0.3) is 11.1 Å². The van der Waals surface area contributed by atoms with Gasteiger partial charge in [0.2, 0.25) is 0 Å². The van der Waals surface area contributed by atoms with E-state index in [9.17, 15) is 0 Å². The number of hydrogen-bond acceptors (Lipinski definition) is 2. The Balaban J connectivity index is 0.00000172. The minimum Gasteiger partial charge on any atom is -0.0912 e. The summed E-state index contributed by atoms with van der Waals surface area (Å²) in [7, 11) is 0. The third-order valence-electron chi connectivity index (χ3n) is 5.73. The summed E-state index contributed by atoms with van der Waals surface area (Å²) in [5.41, 5.74) is 7.86. The van der Waals surface area contributed by atoms with Crippen molar-refractivity contribution in [2.24, 2.45) is 0 Å². The molecule has 1 aliphatic rings. The topological polar surface area (TPSA) is 0 Å². The van der Waals surface area contributed by atoms with E-state index in [-0.39, 0.29) is 0 Å². The number of hydrogen-bond donors (Lipinski definition) is 0. The van der Waals surface area contributed by atoms with E-state index in [1.807, 2.05) is 52.5 Å². The predicted molar refractivity (Wildman–Crippen MR) is 178 cm³/mol. The number of rotatable bonds is 9. The monoisotopic (exact) mass is 542 g/mol. The first-order valence-electron chi connectivity index (χ1n) is 13.7. The maximum Gasteiger partial charge on any atom is 0.0343 e. The summed E-state index contributed by atoms with van der Waals surface area (Å²) < 4.78 is 0. The summed E-state index contributed by atoms with van der Waals surface area (Å²) in [6, 6.07) is 15.1. The quantitative estimate of drug-likeness (QED) is 0.289. The molecule has 0 bridgehead atoms. The predicted octanol–water partition coefficient (Wildman–Crippen LogP) is 12.7. The van der Waals surface area contributed by atoms with E-state index in [0.717, 1.165) is 44.9 Å². The first kappa shape index (κ1) is 33.3. The third kappa shape index (κ3) is 8.68. The molecule has 2 aromatic rings. The Morgan fingerprint density at radius 3 is 2.05 bits per heavy atom. The van der Waals surface area contributed by atoms with Gasteiger partial charge >= 0.3 is 0 Å². The molecule has 0 spiro atoms. The Kier molecular flexibility index (Phi) is 15.6. The fourth-order valence-electron chi connectivity index (χ4n) is 3.59. The molecule has 202 valence electrons. The summed E-state index contributed by atoms with van der Waals surface area (Å²) >= 11 is 3.62. The second-order valence-electron chi connectivity index (χ2n) is 8.37. The van der Waals surface area contributed by atoms with E-state index >= 15 is 0 Å². The molecular formula is C36H46S2. The van der Waals surface area contributed by atoms with Gasteiger partial charge in [-0.05, 0) is 66.2 Å². The Morgan fingerprint density at radius 2 is 1.45 bits per heavy atom. The van der Waals surface area contributed by atoms with Gasteiger partial charge in [-0.3, -0.25) is 0 Å². The van der Waals surface area contributed by atoms with Crippen LogP contribution in [0.4, 0.5) is 0 Å². The maximum atomic E-state index is 4.51. The normalized spacial score (nSPS) is 12.9. The van der Waals surface area contributed by atoms with E-state index in [2.05, 4.69) is 107 Å². The molecule has 2 heteroatoms. The van der Waals surface area contributed by atoms with E-state index in [1.165, 1.54) is 26.5 Å². The number of benzene rings is 2. The van der Waals surface area contributed by atoms with Crippen LogP contribution in [0, 0.1) is 6.92 Å². The Labute approximate surface area is 242 Å². The average molecular weight is 543 g/mol. The zero-order chi connectivity index (χ0) is 28.7. The Morgan fingerprint density at radius 1 is 0.842 bits per heavy atom. The summed E-state index contributed by atoms with van der Waals surface area (Å²) in [5.74, 6) is 0. The number of fused-ring (bicyclic) bond motifs is 1. The molecule has 0 radical (unpaired) electrons. The fraction of sp³-hybridized carbons (Fsp3) is 0.278. The zero-order valence-corrected chi connectivity index (χ0v) is 26.4. The molecular weight excluding hydrogens is 497 g/mol. The Hall–Kier alpha value is -2.68. The lowest BCUT2D eigenvalue weighted by Gasteiger charge is -2.28. The number of unbranched alkanes of at least 4 members (excludes halogenated alkanes) is 1. The summed E-state index contributed by atoms with van der Waals surface area (Å²) in [4.78, 5) is 4.89. The molecule has 0 saturated heterocycles. The van der Waals surface area contributed by atoms with Crippen molar-refractivity contribution in [1.82, 2.24) is 0 Å². The first-order valence-corrected chi connectivity index (χ1v) is 15.4. The van der Waals surface area contributed by atoms with Crippen LogP contribution < -0.4 is 0 Å². The number of allylic oxidation sites excluding steroid dienone is 9. The molecule has 0 N–H and O–H groups in total. The molecule has 0 unspecified atom stereocenters. The van der Waals surface area contributed by atoms with Gasteiger partial charge in [0.25, 0.3) is 0 Å². The van der Waals surface area contributed by atoms with E-state index < -0.39 is 0 Å². The SMILES string of the molecule is C=C(/C=C\CCC)C(=C)C1=C(C(=C)/C(C)=C/C=C\C)Sc2c(-c3ccccc3)ccc(C)c2S1.CC.CC. The van der Waals surface area contributed by atoms with Gasteiger partial charge in [-0.15, -0.1) is 0 Å². The van der Waals surface area contributed by atoms with Crippen LogP contribution in [-0.2, 0) is 0 Å². The minimum atomic E-state index is 0.956. The van der Waals surface area contributed by atoms with E-state index in [1.54, 1.807) is 11.8 Å². The lowest BCUT2D eigenvalue weighted by Crippen LogP contribution is -2.03. The van der Waals surface area contributed by atoms with Crippen LogP contribution in [0.3, 0.4) is 0 Å². The van der Waals surface area contributed by atoms with Gasteiger partial charge in [0.05, 0.1) is 0 Å². The lowest BCUT2D eigenvalue weighted by atomic mass is 10.0. The summed E-state index contributed by atoms with van der Waals surface area (Å²) in [6.07, 6.45) is 12.7. The highest BCUT2D eigenvalue weighted by molar-refractivity contribution is 8.09. The first-order chi connectivity index (χ1) is 18.4. The van der Waals surface area contributed by atoms with E-state index in [0.29, 0.717) is 0 Å². The van der Waals surface area contributed by atoms with Crippen molar-refractivity contribution < 1.29 is 0 Å². The second-order valence-corrected chi connectivity index (χ2v) is 10.4. The van der Waals surface area contributed by atoms with Crippen molar-refractivity contribution in [3.63, 3.8) is 0 Å². The molecule has 0 saturated carbocycles. The van der Waals surface area contributed by atoms with Crippen molar-refractivity contribution in [3.8, 4) is 11.1 Å². The van der Waals surface area contributed by atoms with Crippen molar-refractivity contribution in [1.29, 1.82) is 0 Å². The third-order valence-corrected chi connectivity index (χ3v) is 8.66. The van der Waals surface area contributed by atoms with Gasteiger partial charge in [-0.2, -0.15) is 0 Å². The van der Waals surface area contributed by atoms with E-state index in [4.69, 9.17) is 0 Å². The molecule has 38 heavy (non-hydrogen) atoms. The maximum absolute atomic E-state index is 4.51. The van der Waals surface area contributed by atoms with Gasteiger partial charge in [0.15, 0.2) is 0 Å². The molecule has 2 aromatic carbocycles. The molecule has 1 aliphatic heterocycles. The van der Waals surface area contributed by atoms with Crippen LogP contribution in [0.1, 0.15) is 66.9 Å². The molecule has 0 aliphatic carbocycles. The molecule has 0 atom stereocenters. The van der Waals surface area contributed by atoms with Crippen molar-refractivity contribution in [3.05, 3.63) is 130 Å². The van der Waals surface area contributed by atoms with Crippen molar-refractivity contribution >= 4 is 23.5 Å². The molecule has 0 nitrogen and oxygen atoms in total. The second kappa shape index (κ2) is 17.8. The van der Waals surface area contributed by atoms with Crippen molar-refractivity contribution in [2.45, 2.75) is 78.0 Å². The smallest absolute Gasteiger partial charge is 0.0343 e. The molecule has 0 fully saturated rings. The standard InChI is InChI=1S/C32H34S2.2C2H6/c1-8-10-13-17-23(4)26(7)30-31(25(6)22(3)16-11-9-2)34-32-28(27-18-14-12-15-19-27)21-20-24(5)29(32)33-30;2*1-2/h9,11-21H,4,6-8,10H2,1-3,5H3;2*1-2H3/b11-9-,17-13-,22-16+;;. The molecule has 0 amide bonds. The fourth-order valence-corrected chi connectivity index (χ4v) is 6.45. The van der Waals surface area contributed by atoms with Gasteiger partial charge < -0.3 is 0 Å². The largest absolute Gasteiger partial charge is 0.0912 e. The highest BCUT2D eigenvalue weighted by Crippen LogP contribution is 2.56. The van der Waals surface area contributed by atoms with Gasteiger partial charge in [-0.1, -0.05) is 157 Å². The van der Waals surface area contributed by atoms with Crippen LogP contribution in [-0.4, -0.2) is 0 Å². The zero-order valence-electron chi connectivity index (χ0n) is 24.8. The molecule has 1 heterocycles. The minimum absolute atomic E-state index is 0.956. The average Bonchev–Trinajstić information content (AvgIpc) is 2.97. The van der Waals surface area contributed by atoms with Crippen LogP contribution in [0.15, 0.2) is 134 Å². The lowest BCUT2D eigenvalue weighted by molar-refractivity contribution is 0.958. The van der Waals surface area contributed by atoms with Gasteiger partial charge in [0.1, 0.15) is 0 Å². The van der Waals surface area contributed by atoms with Gasteiger partial charge in [0, 0.05) is 19.6 Å². The molecule has 0 aromatic heterocycles. The highest BCUT2D eigenvalue weighted by Gasteiger charge is 2.27.